The molecule has 3 aromatic rings. The van der Waals surface area contributed by atoms with E-state index in [1.165, 1.54) is 104 Å². The molecule has 2 aliphatic carbocycles. The summed E-state index contributed by atoms with van der Waals surface area (Å²) in [7, 11) is 0.863. The van der Waals surface area contributed by atoms with Crippen LogP contribution in [0, 0.1) is 12.3 Å². The molecule has 0 unspecified atom stereocenters. The van der Waals surface area contributed by atoms with E-state index in [2.05, 4.69) is 81.5 Å². The molecule has 2 aromatic carbocycles. The van der Waals surface area contributed by atoms with Gasteiger partial charge in [0.25, 0.3) is 0 Å². The van der Waals surface area contributed by atoms with Crippen molar-refractivity contribution in [2.45, 2.75) is 115 Å². The van der Waals surface area contributed by atoms with Gasteiger partial charge >= 0.3 is 0 Å². The highest BCUT2D eigenvalue weighted by molar-refractivity contribution is 6.91. The van der Waals surface area contributed by atoms with Crippen LogP contribution in [0.2, 0.25) is 18.6 Å². The second kappa shape index (κ2) is 9.67. The minimum atomic E-state index is -1.40. The molecular formula is C35H48NSi+. The van der Waals surface area contributed by atoms with Crippen molar-refractivity contribution in [3.63, 3.8) is 0 Å². The van der Waals surface area contributed by atoms with Crippen LogP contribution < -0.4 is 9.75 Å². The number of rotatable bonds is 4. The number of benzene rings is 2. The number of hydrogen-bond donors (Lipinski definition) is 0. The largest absolute Gasteiger partial charge is 0.220 e. The van der Waals surface area contributed by atoms with Gasteiger partial charge in [0.15, 0.2) is 6.20 Å². The number of hydrogen-bond acceptors (Lipinski definition) is 0. The van der Waals surface area contributed by atoms with Gasteiger partial charge in [-0.25, -0.2) is 4.57 Å². The number of pyridine rings is 1. The molecule has 2 heterocycles. The van der Waals surface area contributed by atoms with E-state index in [0.717, 1.165) is 11.8 Å². The van der Waals surface area contributed by atoms with E-state index in [4.69, 9.17) is 0 Å². The van der Waals surface area contributed by atoms with Crippen molar-refractivity contribution in [1.82, 2.24) is 0 Å². The molecule has 0 atom stereocenters. The molecule has 196 valence electrons. The summed E-state index contributed by atoms with van der Waals surface area (Å²) in [5.41, 5.74) is 8.28. The highest BCUT2D eigenvalue weighted by Crippen LogP contribution is 2.44. The van der Waals surface area contributed by atoms with Gasteiger partial charge in [0, 0.05) is 6.07 Å². The van der Waals surface area contributed by atoms with E-state index >= 15 is 0 Å². The van der Waals surface area contributed by atoms with Crippen LogP contribution in [0.3, 0.4) is 0 Å². The Morgan fingerprint density at radius 2 is 1.49 bits per heavy atom. The molecule has 1 saturated heterocycles. The summed E-state index contributed by atoms with van der Waals surface area (Å²) in [5.74, 6) is 1.52. The second-order valence-corrected chi connectivity index (χ2v) is 18.7. The summed E-state index contributed by atoms with van der Waals surface area (Å²) in [6, 6.07) is 18.1. The first kappa shape index (κ1) is 25.4. The minimum Gasteiger partial charge on any atom is -0.200 e. The third kappa shape index (κ3) is 4.73. The zero-order valence-corrected chi connectivity index (χ0v) is 25.1. The van der Waals surface area contributed by atoms with Gasteiger partial charge < -0.3 is 0 Å². The fourth-order valence-electron chi connectivity index (χ4n) is 8.01. The lowest BCUT2D eigenvalue weighted by Gasteiger charge is -2.40. The molecule has 3 aliphatic rings. The van der Waals surface area contributed by atoms with E-state index in [-0.39, 0.29) is 0 Å². The van der Waals surface area contributed by atoms with E-state index in [0.29, 0.717) is 5.41 Å². The molecule has 6 rings (SSSR count). The van der Waals surface area contributed by atoms with Crippen molar-refractivity contribution in [3.05, 3.63) is 59.3 Å². The zero-order chi connectivity index (χ0) is 25.8. The van der Waals surface area contributed by atoms with Crippen LogP contribution in [0.25, 0.3) is 22.0 Å². The number of aromatic nitrogens is 1. The maximum Gasteiger partial charge on any atom is 0.220 e. The van der Waals surface area contributed by atoms with Crippen LogP contribution in [0.1, 0.15) is 107 Å². The Morgan fingerprint density at radius 3 is 2.16 bits per heavy atom. The molecule has 2 saturated carbocycles. The van der Waals surface area contributed by atoms with Crippen molar-refractivity contribution in [2.75, 3.05) is 0 Å². The Bertz CT molecular complexity index is 1300. The van der Waals surface area contributed by atoms with E-state index < -0.39 is 8.07 Å². The topological polar surface area (TPSA) is 3.88 Å². The molecule has 0 radical (unpaired) electrons. The first-order chi connectivity index (χ1) is 17.7. The van der Waals surface area contributed by atoms with Crippen molar-refractivity contribution in [1.29, 1.82) is 0 Å². The molecule has 37 heavy (non-hydrogen) atoms. The standard InChI is InChI=1S/C35H48NSi/c1-25-32(27-12-8-9-13-27)23-29(26-10-6-7-11-26)24-33(25)34-31-15-14-30(22-28(31)16-19-36(34)4)37(5)20-17-35(2,3)18-21-37/h14-16,19,22-24,26-27H,6-13,17-18,20-21H2,1-5H3/q+1. The van der Waals surface area contributed by atoms with Crippen molar-refractivity contribution in [2.24, 2.45) is 12.5 Å². The van der Waals surface area contributed by atoms with Crippen LogP contribution in [-0.2, 0) is 7.05 Å². The smallest absolute Gasteiger partial charge is 0.200 e. The SMILES string of the molecule is Cc1c(-c2c3ccc([Si]4(C)CCC(C)(C)CC4)cc3cc[n+]2C)cc(C2CCCC2)cc1C1CCCC1. The van der Waals surface area contributed by atoms with Gasteiger partial charge in [-0.05, 0) is 84.1 Å². The van der Waals surface area contributed by atoms with E-state index in [9.17, 15) is 0 Å². The number of fused-ring (bicyclic) bond motifs is 1. The Labute approximate surface area is 226 Å². The van der Waals surface area contributed by atoms with Crippen molar-refractivity contribution >= 4 is 24.0 Å². The quantitative estimate of drug-likeness (QED) is 0.243. The monoisotopic (exact) mass is 510 g/mol. The average molecular weight is 511 g/mol. The molecule has 1 nitrogen and oxygen atoms in total. The predicted molar refractivity (Wildman–Crippen MR) is 162 cm³/mol. The summed E-state index contributed by atoms with van der Waals surface area (Å²) in [6.45, 7) is 10.0. The van der Waals surface area contributed by atoms with Crippen molar-refractivity contribution in [3.8, 4) is 11.3 Å². The summed E-state index contributed by atoms with van der Waals surface area (Å²) >= 11 is 0. The van der Waals surface area contributed by atoms with Gasteiger partial charge in [-0.1, -0.05) is 94.4 Å². The Morgan fingerprint density at radius 1 is 0.838 bits per heavy atom. The lowest BCUT2D eigenvalue weighted by Crippen LogP contribution is -2.48. The molecule has 1 aliphatic heterocycles. The van der Waals surface area contributed by atoms with E-state index in [1.807, 2.05) is 0 Å². The maximum absolute atomic E-state index is 2.65. The fraction of sp³-hybridized carbons (Fsp3) is 0.571. The van der Waals surface area contributed by atoms with Crippen LogP contribution in [0.5, 0.6) is 0 Å². The highest BCUT2D eigenvalue weighted by Gasteiger charge is 2.38. The summed E-state index contributed by atoms with van der Waals surface area (Å²) in [4.78, 5) is 0. The Hall–Kier alpha value is -1.93. The number of nitrogens with zero attached hydrogens (tertiary/aromatic N) is 1. The minimum absolute atomic E-state index is 0.531. The van der Waals surface area contributed by atoms with Crippen LogP contribution in [0.15, 0.2) is 42.6 Å². The van der Waals surface area contributed by atoms with E-state index in [1.54, 1.807) is 16.3 Å². The van der Waals surface area contributed by atoms with Crippen LogP contribution >= 0.6 is 0 Å². The predicted octanol–water partition coefficient (Wildman–Crippen LogP) is 9.06. The van der Waals surface area contributed by atoms with Crippen LogP contribution in [0.4, 0.5) is 0 Å². The summed E-state index contributed by atoms with van der Waals surface area (Å²) in [5, 5.41) is 4.56. The van der Waals surface area contributed by atoms with Gasteiger partial charge in [0.1, 0.15) is 7.05 Å². The molecule has 0 amide bonds. The third-order valence-corrected chi connectivity index (χ3v) is 15.3. The average Bonchev–Trinajstić information content (AvgIpc) is 3.61. The summed E-state index contributed by atoms with van der Waals surface area (Å²) < 4.78 is 2.41. The first-order valence-electron chi connectivity index (χ1n) is 15.3. The lowest BCUT2D eigenvalue weighted by atomic mass is 9.84. The lowest BCUT2D eigenvalue weighted by molar-refractivity contribution is -0.659. The molecular weight excluding hydrogens is 462 g/mol. The van der Waals surface area contributed by atoms with Gasteiger partial charge in [-0.15, -0.1) is 0 Å². The maximum atomic E-state index is 2.65. The fourth-order valence-corrected chi connectivity index (χ4v) is 12.3. The first-order valence-corrected chi connectivity index (χ1v) is 18.2. The zero-order valence-electron chi connectivity index (χ0n) is 24.1. The third-order valence-electron chi connectivity index (χ3n) is 10.9. The van der Waals surface area contributed by atoms with Crippen LogP contribution in [-0.4, -0.2) is 8.07 Å². The van der Waals surface area contributed by atoms with Gasteiger partial charge in [0.05, 0.1) is 19.0 Å². The Balaban J connectivity index is 1.47. The molecule has 1 aromatic heterocycles. The highest BCUT2D eigenvalue weighted by atomic mass is 28.3. The normalized spacial score (nSPS) is 22.2. The molecule has 2 heteroatoms. The molecule has 0 spiro atoms. The number of aryl methyl sites for hydroxylation is 1. The van der Waals surface area contributed by atoms with Crippen molar-refractivity contribution < 1.29 is 4.57 Å². The molecule has 0 bridgehead atoms. The van der Waals surface area contributed by atoms with Gasteiger partial charge in [-0.3, -0.25) is 0 Å². The molecule has 0 N–H and O–H groups in total. The Kier molecular flexibility index (Phi) is 6.63. The molecule has 3 fully saturated rings. The van der Waals surface area contributed by atoms with Gasteiger partial charge in [-0.2, -0.15) is 0 Å². The summed E-state index contributed by atoms with van der Waals surface area (Å²) in [6.07, 6.45) is 16.2. The van der Waals surface area contributed by atoms with Gasteiger partial charge in [0.2, 0.25) is 5.69 Å². The second-order valence-electron chi connectivity index (χ2n) is 14.0.